The molecule has 0 aromatic carbocycles. The number of amides is 2. The van der Waals surface area contributed by atoms with Gasteiger partial charge in [0, 0.05) is 26.6 Å². The number of urea groups is 1. The summed E-state index contributed by atoms with van der Waals surface area (Å²) in [6.45, 7) is 5.38. The van der Waals surface area contributed by atoms with Gasteiger partial charge in [0.15, 0.2) is 0 Å². The number of aliphatic carboxylic acids is 1. The van der Waals surface area contributed by atoms with E-state index in [1.807, 2.05) is 0 Å². The van der Waals surface area contributed by atoms with Crippen molar-refractivity contribution in [2.24, 2.45) is 17.8 Å². The summed E-state index contributed by atoms with van der Waals surface area (Å²) < 4.78 is 0. The molecule has 0 aromatic rings. The third-order valence-electron chi connectivity index (χ3n) is 3.39. The molecule has 0 saturated heterocycles. The van der Waals surface area contributed by atoms with Crippen molar-refractivity contribution >= 4 is 12.0 Å². The Hall–Kier alpha value is -1.26. The molecular weight excluding hydrogens is 244 g/mol. The molecule has 1 unspecified atom stereocenters. The molecule has 0 heterocycles. The first-order valence-corrected chi connectivity index (χ1v) is 7.09. The van der Waals surface area contributed by atoms with Crippen LogP contribution in [0.5, 0.6) is 0 Å². The van der Waals surface area contributed by atoms with Crippen molar-refractivity contribution in [2.45, 2.75) is 39.5 Å². The van der Waals surface area contributed by atoms with Crippen molar-refractivity contribution in [1.29, 1.82) is 0 Å². The summed E-state index contributed by atoms with van der Waals surface area (Å²) in [5.41, 5.74) is 0. The fourth-order valence-corrected chi connectivity index (χ4v) is 2.29. The van der Waals surface area contributed by atoms with Crippen LogP contribution in [0.4, 0.5) is 4.79 Å². The number of nitrogens with zero attached hydrogens (tertiary/aromatic N) is 1. The summed E-state index contributed by atoms with van der Waals surface area (Å²) in [5.74, 6) is 0.314. The lowest BCUT2D eigenvalue weighted by atomic mass is 9.94. The Morgan fingerprint density at radius 2 is 2.00 bits per heavy atom. The predicted octanol–water partition coefficient (Wildman–Crippen LogP) is 2.17. The summed E-state index contributed by atoms with van der Waals surface area (Å²) in [4.78, 5) is 24.3. The zero-order chi connectivity index (χ0) is 14.4. The van der Waals surface area contributed by atoms with Crippen molar-refractivity contribution in [2.75, 3.05) is 20.1 Å². The lowest BCUT2D eigenvalue weighted by Crippen LogP contribution is -2.41. The van der Waals surface area contributed by atoms with Crippen LogP contribution in [-0.2, 0) is 4.79 Å². The second-order valence-corrected chi connectivity index (χ2v) is 6.10. The highest BCUT2D eigenvalue weighted by atomic mass is 16.4. The minimum absolute atomic E-state index is 0.00998. The van der Waals surface area contributed by atoms with Crippen molar-refractivity contribution in [3.8, 4) is 0 Å². The molecule has 1 atom stereocenters. The summed E-state index contributed by atoms with van der Waals surface area (Å²) in [6.07, 6.45) is 3.36. The van der Waals surface area contributed by atoms with E-state index in [-0.39, 0.29) is 18.4 Å². The van der Waals surface area contributed by atoms with Gasteiger partial charge in [-0.3, -0.25) is 4.79 Å². The third kappa shape index (κ3) is 7.03. The molecule has 0 aliphatic heterocycles. The minimum Gasteiger partial charge on any atom is -0.481 e. The Balaban J connectivity index is 2.31. The largest absolute Gasteiger partial charge is 0.481 e. The number of carboxylic acid groups (broad SMARTS) is 1. The zero-order valence-corrected chi connectivity index (χ0v) is 12.2. The molecule has 0 aromatic heterocycles. The summed E-state index contributed by atoms with van der Waals surface area (Å²) >= 11 is 0. The van der Waals surface area contributed by atoms with Crippen LogP contribution in [0.25, 0.3) is 0 Å². The molecule has 1 fully saturated rings. The van der Waals surface area contributed by atoms with Gasteiger partial charge in [0.1, 0.15) is 0 Å². The van der Waals surface area contributed by atoms with Crippen molar-refractivity contribution < 1.29 is 14.7 Å². The van der Waals surface area contributed by atoms with Gasteiger partial charge in [-0.25, -0.2) is 4.79 Å². The molecule has 0 bridgehead atoms. The number of hydrogen-bond donors (Lipinski definition) is 2. The molecular formula is C14H26N2O3. The monoisotopic (exact) mass is 270 g/mol. The maximum Gasteiger partial charge on any atom is 0.317 e. The zero-order valence-electron chi connectivity index (χ0n) is 12.2. The Labute approximate surface area is 115 Å². The number of rotatable bonds is 8. The van der Waals surface area contributed by atoms with Crippen LogP contribution < -0.4 is 5.32 Å². The summed E-state index contributed by atoms with van der Waals surface area (Å²) in [6, 6.07) is -0.0916. The SMILES string of the molecule is CC(C)CC(CNC(=O)N(C)CC1CC1)CC(=O)O. The minimum atomic E-state index is -0.800. The van der Waals surface area contributed by atoms with E-state index in [2.05, 4.69) is 19.2 Å². The third-order valence-corrected chi connectivity index (χ3v) is 3.39. The number of carbonyl (C=O) groups excluding carboxylic acids is 1. The molecule has 0 spiro atoms. The molecule has 1 aliphatic rings. The fraction of sp³-hybridized carbons (Fsp3) is 0.857. The summed E-state index contributed by atoms with van der Waals surface area (Å²) in [7, 11) is 1.79. The van der Waals surface area contributed by atoms with E-state index in [4.69, 9.17) is 5.11 Å². The highest BCUT2D eigenvalue weighted by Crippen LogP contribution is 2.29. The molecule has 0 radical (unpaired) electrons. The van der Waals surface area contributed by atoms with Crippen LogP contribution in [0, 0.1) is 17.8 Å². The Bertz CT molecular complexity index is 314. The van der Waals surface area contributed by atoms with Gasteiger partial charge in [-0.2, -0.15) is 0 Å². The van der Waals surface area contributed by atoms with Crippen molar-refractivity contribution in [3.05, 3.63) is 0 Å². The quantitative estimate of drug-likeness (QED) is 0.710. The maximum absolute atomic E-state index is 11.8. The van der Waals surface area contributed by atoms with Gasteiger partial charge in [-0.15, -0.1) is 0 Å². The Morgan fingerprint density at radius 3 is 2.47 bits per heavy atom. The second kappa shape index (κ2) is 7.36. The molecule has 110 valence electrons. The Morgan fingerprint density at radius 1 is 1.37 bits per heavy atom. The van der Waals surface area contributed by atoms with Gasteiger partial charge >= 0.3 is 12.0 Å². The van der Waals surface area contributed by atoms with E-state index in [1.54, 1.807) is 11.9 Å². The van der Waals surface area contributed by atoms with Crippen LogP contribution in [-0.4, -0.2) is 42.1 Å². The summed E-state index contributed by atoms with van der Waals surface area (Å²) in [5, 5.41) is 11.7. The topological polar surface area (TPSA) is 69.6 Å². The van der Waals surface area contributed by atoms with Crippen molar-refractivity contribution in [3.63, 3.8) is 0 Å². The van der Waals surface area contributed by atoms with E-state index < -0.39 is 5.97 Å². The average molecular weight is 270 g/mol. The second-order valence-electron chi connectivity index (χ2n) is 6.10. The first kappa shape index (κ1) is 15.8. The standard InChI is InChI=1S/C14H26N2O3/c1-10(2)6-12(7-13(17)18)8-15-14(19)16(3)9-11-4-5-11/h10-12H,4-9H2,1-3H3,(H,15,19)(H,17,18). The van der Waals surface area contributed by atoms with Crippen LogP contribution in [0.15, 0.2) is 0 Å². The van der Waals surface area contributed by atoms with Crippen LogP contribution in [0.3, 0.4) is 0 Å². The van der Waals surface area contributed by atoms with Crippen LogP contribution in [0.2, 0.25) is 0 Å². The highest BCUT2D eigenvalue weighted by molar-refractivity contribution is 5.74. The smallest absolute Gasteiger partial charge is 0.317 e. The highest BCUT2D eigenvalue weighted by Gasteiger charge is 2.25. The number of hydrogen-bond acceptors (Lipinski definition) is 2. The van der Waals surface area contributed by atoms with Gasteiger partial charge in [0.25, 0.3) is 0 Å². The van der Waals surface area contributed by atoms with E-state index >= 15 is 0 Å². The molecule has 2 N–H and O–H groups in total. The lowest BCUT2D eigenvalue weighted by Gasteiger charge is -2.21. The lowest BCUT2D eigenvalue weighted by molar-refractivity contribution is -0.138. The van der Waals surface area contributed by atoms with E-state index in [1.165, 1.54) is 12.8 Å². The first-order chi connectivity index (χ1) is 8.88. The molecule has 19 heavy (non-hydrogen) atoms. The van der Waals surface area contributed by atoms with Crippen LogP contribution >= 0.6 is 0 Å². The maximum atomic E-state index is 11.8. The van der Waals surface area contributed by atoms with Gasteiger partial charge in [0.05, 0.1) is 0 Å². The van der Waals surface area contributed by atoms with Gasteiger partial charge in [-0.05, 0) is 37.0 Å². The average Bonchev–Trinajstić information content (AvgIpc) is 3.07. The number of nitrogens with one attached hydrogen (secondary N) is 1. The molecule has 2 amide bonds. The molecule has 5 nitrogen and oxygen atoms in total. The van der Waals surface area contributed by atoms with E-state index in [0.29, 0.717) is 18.4 Å². The predicted molar refractivity (Wildman–Crippen MR) is 74.0 cm³/mol. The Kier molecular flexibility index (Phi) is 6.12. The van der Waals surface area contributed by atoms with Gasteiger partial charge < -0.3 is 15.3 Å². The van der Waals surface area contributed by atoms with E-state index in [9.17, 15) is 9.59 Å². The number of carboxylic acids is 1. The van der Waals surface area contributed by atoms with Crippen molar-refractivity contribution in [1.82, 2.24) is 10.2 Å². The number of carbonyl (C=O) groups is 2. The van der Waals surface area contributed by atoms with Gasteiger partial charge in [0.2, 0.25) is 0 Å². The molecule has 1 rings (SSSR count). The van der Waals surface area contributed by atoms with Gasteiger partial charge in [-0.1, -0.05) is 13.8 Å². The molecule has 5 heteroatoms. The molecule has 1 aliphatic carbocycles. The van der Waals surface area contributed by atoms with E-state index in [0.717, 1.165) is 13.0 Å². The normalized spacial score (nSPS) is 16.2. The fourth-order valence-electron chi connectivity index (χ4n) is 2.29. The molecule has 1 saturated carbocycles. The van der Waals surface area contributed by atoms with Crippen LogP contribution in [0.1, 0.15) is 39.5 Å². The first-order valence-electron chi connectivity index (χ1n) is 7.09.